The van der Waals surface area contributed by atoms with E-state index in [-0.39, 0.29) is 17.8 Å². The van der Waals surface area contributed by atoms with Crippen molar-refractivity contribution < 1.29 is 22.7 Å². The summed E-state index contributed by atoms with van der Waals surface area (Å²) in [5.74, 6) is 1.39. The van der Waals surface area contributed by atoms with Crippen molar-refractivity contribution >= 4 is 46.3 Å². The van der Waals surface area contributed by atoms with Gasteiger partial charge in [0.2, 0.25) is 0 Å². The number of carbonyl (C=O) groups excluding carboxylic acids is 1. The fourth-order valence-corrected chi connectivity index (χ4v) is 6.00. The average molecular weight is 586 g/mol. The molecule has 4 heterocycles. The molecule has 0 saturated carbocycles. The van der Waals surface area contributed by atoms with Gasteiger partial charge in [0.1, 0.15) is 17.9 Å². The van der Waals surface area contributed by atoms with E-state index in [9.17, 15) is 18.0 Å². The Morgan fingerprint density at radius 3 is 2.69 bits per heavy atom. The quantitative estimate of drug-likeness (QED) is 0.416. The number of rotatable bonds is 7. The maximum atomic E-state index is 13.8. The fraction of sp³-hybridized carbons (Fsp3) is 0.520. The van der Waals surface area contributed by atoms with Crippen molar-refractivity contribution in [2.45, 2.75) is 32.0 Å². The summed E-state index contributed by atoms with van der Waals surface area (Å²) in [7, 11) is 0. The van der Waals surface area contributed by atoms with Crippen LogP contribution in [-0.2, 0) is 10.9 Å². The summed E-state index contributed by atoms with van der Waals surface area (Å²) < 4.78 is 47.6. The number of hydrogen-bond acceptors (Lipinski definition) is 7. The number of likely N-dealkylation sites (tertiary alicyclic amines) is 1. The van der Waals surface area contributed by atoms with Gasteiger partial charge in [-0.3, -0.25) is 4.90 Å². The molecule has 14 heteroatoms. The number of fused-ring (bicyclic) bond motifs is 1. The van der Waals surface area contributed by atoms with Crippen molar-refractivity contribution in [1.82, 2.24) is 24.6 Å². The molecule has 0 spiro atoms. The minimum absolute atomic E-state index is 0.0417. The molecule has 2 aliphatic heterocycles. The Labute approximate surface area is 233 Å². The second-order valence-electron chi connectivity index (χ2n) is 10.1. The third-order valence-corrected chi connectivity index (χ3v) is 8.10. The van der Waals surface area contributed by atoms with Gasteiger partial charge in [-0.15, -0.1) is 0 Å². The number of aromatic nitrogens is 4. The number of ether oxygens (including phenoxy) is 1. The number of alkyl halides is 3. The summed E-state index contributed by atoms with van der Waals surface area (Å²) in [5, 5.41) is 4.64. The van der Waals surface area contributed by atoms with Crippen LogP contribution in [0.2, 0.25) is 10.0 Å². The van der Waals surface area contributed by atoms with Crippen LogP contribution in [0.25, 0.3) is 11.2 Å². The predicted molar refractivity (Wildman–Crippen MR) is 141 cm³/mol. The monoisotopic (exact) mass is 585 g/mol. The number of nitrogens with two attached hydrogens (primary N) is 1. The summed E-state index contributed by atoms with van der Waals surface area (Å²) in [6, 6.07) is 4.19. The van der Waals surface area contributed by atoms with E-state index < -0.39 is 24.0 Å². The first-order valence-corrected chi connectivity index (χ1v) is 13.4. The van der Waals surface area contributed by atoms with Gasteiger partial charge in [-0.05, 0) is 55.8 Å². The zero-order valence-electron chi connectivity index (χ0n) is 21.2. The van der Waals surface area contributed by atoms with Gasteiger partial charge in [0.05, 0.1) is 12.2 Å². The minimum Gasteiger partial charge on any atom is -0.448 e. The highest BCUT2D eigenvalue weighted by molar-refractivity contribution is 6.35. The van der Waals surface area contributed by atoms with Crippen LogP contribution in [0.4, 0.5) is 23.8 Å². The number of halogens is 5. The predicted octanol–water partition coefficient (Wildman–Crippen LogP) is 5.00. The second-order valence-corrected chi connectivity index (χ2v) is 10.9. The van der Waals surface area contributed by atoms with E-state index in [0.29, 0.717) is 39.8 Å². The Balaban J connectivity index is 1.34. The summed E-state index contributed by atoms with van der Waals surface area (Å²) in [6.45, 7) is 5.91. The van der Waals surface area contributed by atoms with Crippen LogP contribution >= 0.6 is 23.2 Å². The van der Waals surface area contributed by atoms with Crippen molar-refractivity contribution in [2.24, 2.45) is 17.6 Å². The highest BCUT2D eigenvalue weighted by Crippen LogP contribution is 2.38. The van der Waals surface area contributed by atoms with Crippen LogP contribution < -0.4 is 10.6 Å². The van der Waals surface area contributed by atoms with Crippen LogP contribution in [0.5, 0.6) is 0 Å². The van der Waals surface area contributed by atoms with Crippen LogP contribution in [0.3, 0.4) is 0 Å². The normalized spacial score (nSPS) is 19.7. The van der Waals surface area contributed by atoms with Gasteiger partial charge in [-0.25, -0.2) is 19.4 Å². The lowest BCUT2D eigenvalue weighted by atomic mass is 9.80. The lowest BCUT2D eigenvalue weighted by molar-refractivity contribution is -0.140. The van der Waals surface area contributed by atoms with Crippen molar-refractivity contribution in [3.05, 3.63) is 45.7 Å². The molecular weight excluding hydrogens is 558 g/mol. The lowest BCUT2D eigenvalue weighted by Gasteiger charge is -2.47. The molecule has 5 rings (SSSR count). The molecule has 3 aromatic rings. The van der Waals surface area contributed by atoms with Gasteiger partial charge in [-0.1, -0.05) is 29.3 Å². The second kappa shape index (κ2) is 11.0. The van der Waals surface area contributed by atoms with Gasteiger partial charge in [0.15, 0.2) is 11.3 Å². The number of carbonyl (C=O) groups is 1. The largest absolute Gasteiger partial charge is 0.448 e. The summed E-state index contributed by atoms with van der Waals surface area (Å²) in [5.41, 5.74) is 4.26. The van der Waals surface area contributed by atoms with Crippen LogP contribution in [-0.4, -0.2) is 70.1 Å². The number of nitrogens with zero attached hydrogens (tertiary/aromatic N) is 6. The first kappa shape index (κ1) is 27.7. The van der Waals surface area contributed by atoms with Crippen molar-refractivity contribution in [3.63, 3.8) is 0 Å². The molecule has 2 aliphatic rings. The standard InChI is InChI=1S/C25H28Cl2F3N7O2/c1-14(18-5-4-17(26)9-19(18)27)37-23-21(22(34-37)25(28,29)30)32-10-20(33-23)36-12-16(13-36)15-3-2-6-35(11-15)7-8-39-24(31)38/h4-5,9-10,14-16H,2-3,6-8,11-13H2,1H3,(H2,31,38)/t14?,15-/m0/s1. The highest BCUT2D eigenvalue weighted by Gasteiger charge is 2.40. The van der Waals surface area contributed by atoms with Gasteiger partial charge in [0.25, 0.3) is 0 Å². The number of benzene rings is 1. The Kier molecular flexibility index (Phi) is 7.80. The van der Waals surface area contributed by atoms with E-state index >= 15 is 0 Å². The van der Waals surface area contributed by atoms with E-state index in [1.165, 1.54) is 10.9 Å². The third kappa shape index (κ3) is 5.87. The maximum Gasteiger partial charge on any atom is 0.437 e. The Morgan fingerprint density at radius 2 is 2.00 bits per heavy atom. The van der Waals surface area contributed by atoms with Crippen LogP contribution in [0, 0.1) is 11.8 Å². The first-order valence-electron chi connectivity index (χ1n) is 12.7. The zero-order valence-corrected chi connectivity index (χ0v) is 22.7. The number of hydrogen-bond donors (Lipinski definition) is 1. The topological polar surface area (TPSA) is 102 Å². The molecule has 2 aromatic heterocycles. The molecule has 2 fully saturated rings. The molecule has 2 N–H and O–H groups in total. The average Bonchev–Trinajstić information content (AvgIpc) is 3.22. The number of amides is 1. The van der Waals surface area contributed by atoms with Gasteiger partial charge in [0, 0.05) is 36.2 Å². The molecule has 0 radical (unpaired) electrons. The van der Waals surface area contributed by atoms with Crippen LogP contribution in [0.1, 0.15) is 37.1 Å². The molecule has 0 aliphatic carbocycles. The van der Waals surface area contributed by atoms with Crippen LogP contribution in [0.15, 0.2) is 24.4 Å². The number of piperidine rings is 1. The van der Waals surface area contributed by atoms with Gasteiger partial charge >= 0.3 is 12.3 Å². The summed E-state index contributed by atoms with van der Waals surface area (Å²) >= 11 is 12.4. The smallest absolute Gasteiger partial charge is 0.437 e. The van der Waals surface area contributed by atoms with Crippen molar-refractivity contribution in [3.8, 4) is 0 Å². The minimum atomic E-state index is -4.69. The molecule has 2 atom stereocenters. The molecular formula is C25H28Cl2F3N7O2. The molecule has 2 saturated heterocycles. The summed E-state index contributed by atoms with van der Waals surface area (Å²) in [4.78, 5) is 23.9. The highest BCUT2D eigenvalue weighted by atomic mass is 35.5. The van der Waals surface area contributed by atoms with Gasteiger partial charge in [-0.2, -0.15) is 18.3 Å². The van der Waals surface area contributed by atoms with E-state index in [2.05, 4.69) is 20.0 Å². The molecule has 1 aromatic carbocycles. The molecule has 39 heavy (non-hydrogen) atoms. The number of anilines is 1. The molecule has 0 bridgehead atoms. The van der Waals surface area contributed by atoms with Crippen molar-refractivity contribution in [1.29, 1.82) is 0 Å². The summed E-state index contributed by atoms with van der Waals surface area (Å²) in [6.07, 6.45) is -1.94. The third-order valence-electron chi connectivity index (χ3n) is 7.53. The molecule has 1 amide bonds. The maximum absolute atomic E-state index is 13.8. The van der Waals surface area contributed by atoms with E-state index in [1.54, 1.807) is 25.1 Å². The fourth-order valence-electron chi connectivity index (χ4n) is 5.44. The Morgan fingerprint density at radius 1 is 1.23 bits per heavy atom. The lowest BCUT2D eigenvalue weighted by Crippen LogP contribution is -2.54. The SMILES string of the molecule is CC(c1ccc(Cl)cc1Cl)n1nc(C(F)(F)F)c2ncc(N3CC([C@H]4CCCN(CCOC(N)=O)C4)C3)nc21. The van der Waals surface area contributed by atoms with E-state index in [4.69, 9.17) is 33.7 Å². The number of primary amides is 1. The molecule has 9 nitrogen and oxygen atoms in total. The zero-order chi connectivity index (χ0) is 27.9. The molecule has 210 valence electrons. The van der Waals surface area contributed by atoms with Crippen molar-refractivity contribution in [2.75, 3.05) is 44.2 Å². The van der Waals surface area contributed by atoms with Gasteiger partial charge < -0.3 is 15.4 Å². The first-order chi connectivity index (χ1) is 18.5. The molecule has 1 unspecified atom stereocenters. The van der Waals surface area contributed by atoms with E-state index in [1.807, 2.05) is 4.90 Å². The Hall–Kier alpha value is -2.83. The van der Waals surface area contributed by atoms with E-state index in [0.717, 1.165) is 39.0 Å². The Bertz CT molecular complexity index is 1360.